The van der Waals surface area contributed by atoms with E-state index in [-0.39, 0.29) is 12.0 Å². The lowest BCUT2D eigenvalue weighted by Crippen LogP contribution is -2.49. The highest BCUT2D eigenvalue weighted by Gasteiger charge is 2.49. The topological polar surface area (TPSA) is 104 Å². The van der Waals surface area contributed by atoms with Crippen molar-refractivity contribution in [3.8, 4) is 11.3 Å². The predicted molar refractivity (Wildman–Crippen MR) is 127 cm³/mol. The summed E-state index contributed by atoms with van der Waals surface area (Å²) in [7, 11) is 0. The van der Waals surface area contributed by atoms with Crippen molar-refractivity contribution < 1.29 is 14.9 Å². The standard InChI is InChI=1S/C24H27N5O3S/c1-23(2,31)17-5-6-25-20(9-17)16-11-26-22(27-12-16)29-13-24(14-32-15-24)19-4-3-18(10-21(19)29)33-28-7-8-30/h3-6,9-12,28,30-31H,7-8,13-15H2,1-2H3. The van der Waals surface area contributed by atoms with Gasteiger partial charge in [0.15, 0.2) is 0 Å². The van der Waals surface area contributed by atoms with E-state index in [1.165, 1.54) is 17.5 Å². The Morgan fingerprint density at radius 2 is 1.94 bits per heavy atom. The zero-order chi connectivity index (χ0) is 23.1. The van der Waals surface area contributed by atoms with Crippen LogP contribution in [0.4, 0.5) is 11.6 Å². The van der Waals surface area contributed by atoms with E-state index < -0.39 is 5.60 Å². The molecule has 3 N–H and O–H groups in total. The van der Waals surface area contributed by atoms with Crippen LogP contribution in [0.5, 0.6) is 0 Å². The van der Waals surface area contributed by atoms with Gasteiger partial charge in [-0.15, -0.1) is 0 Å². The van der Waals surface area contributed by atoms with Crippen molar-refractivity contribution in [1.82, 2.24) is 19.7 Å². The number of aromatic nitrogens is 3. The molecule has 0 radical (unpaired) electrons. The molecule has 0 atom stereocenters. The summed E-state index contributed by atoms with van der Waals surface area (Å²) in [4.78, 5) is 17.0. The van der Waals surface area contributed by atoms with Gasteiger partial charge in [0.05, 0.1) is 36.5 Å². The van der Waals surface area contributed by atoms with E-state index in [0.717, 1.165) is 33.9 Å². The Morgan fingerprint density at radius 1 is 1.15 bits per heavy atom. The number of hydrogen-bond donors (Lipinski definition) is 3. The molecule has 4 heterocycles. The van der Waals surface area contributed by atoms with Crippen molar-refractivity contribution in [3.63, 3.8) is 0 Å². The van der Waals surface area contributed by atoms with Crippen LogP contribution in [0.2, 0.25) is 0 Å². The third-order valence-corrected chi connectivity index (χ3v) is 6.93. The Labute approximate surface area is 197 Å². The zero-order valence-corrected chi connectivity index (χ0v) is 19.5. The predicted octanol–water partition coefficient (Wildman–Crippen LogP) is 2.77. The average molecular weight is 466 g/mol. The molecule has 172 valence electrons. The highest BCUT2D eigenvalue weighted by atomic mass is 32.2. The zero-order valence-electron chi connectivity index (χ0n) is 18.7. The molecule has 2 aromatic heterocycles. The van der Waals surface area contributed by atoms with E-state index in [1.807, 2.05) is 12.1 Å². The van der Waals surface area contributed by atoms with Gasteiger partial charge in [0.25, 0.3) is 0 Å². The molecule has 0 aliphatic carbocycles. The quantitative estimate of drug-likeness (QED) is 0.359. The number of hydrogen-bond acceptors (Lipinski definition) is 9. The largest absolute Gasteiger partial charge is 0.395 e. The summed E-state index contributed by atoms with van der Waals surface area (Å²) in [6, 6.07) is 10.1. The van der Waals surface area contributed by atoms with Crippen molar-refractivity contribution in [3.05, 3.63) is 60.0 Å². The van der Waals surface area contributed by atoms with E-state index >= 15 is 0 Å². The first-order valence-electron chi connectivity index (χ1n) is 10.9. The third kappa shape index (κ3) is 4.22. The Morgan fingerprint density at radius 3 is 2.61 bits per heavy atom. The molecule has 8 nitrogen and oxygen atoms in total. The van der Waals surface area contributed by atoms with Crippen molar-refractivity contribution >= 4 is 23.6 Å². The van der Waals surface area contributed by atoms with Crippen LogP contribution in [0.15, 0.2) is 53.8 Å². The van der Waals surface area contributed by atoms with Crippen molar-refractivity contribution in [2.45, 2.75) is 29.8 Å². The molecular formula is C24H27N5O3S. The van der Waals surface area contributed by atoms with Gasteiger partial charge in [0.1, 0.15) is 0 Å². The van der Waals surface area contributed by atoms with Crippen LogP contribution in [-0.4, -0.2) is 58.1 Å². The summed E-state index contributed by atoms with van der Waals surface area (Å²) in [5.41, 5.74) is 3.68. The van der Waals surface area contributed by atoms with E-state index in [4.69, 9.17) is 9.84 Å². The fraction of sp³-hybridized carbons (Fsp3) is 0.375. The van der Waals surface area contributed by atoms with Crippen LogP contribution in [0.3, 0.4) is 0 Å². The van der Waals surface area contributed by atoms with Gasteiger partial charge in [-0.05, 0) is 61.2 Å². The number of pyridine rings is 1. The Bertz CT molecular complexity index is 1150. The number of anilines is 2. The van der Waals surface area contributed by atoms with E-state index in [1.54, 1.807) is 32.4 Å². The van der Waals surface area contributed by atoms with Gasteiger partial charge in [-0.1, -0.05) is 6.07 Å². The molecule has 2 aliphatic rings. The van der Waals surface area contributed by atoms with E-state index in [0.29, 0.717) is 25.7 Å². The summed E-state index contributed by atoms with van der Waals surface area (Å²) in [5, 5.41) is 19.3. The average Bonchev–Trinajstić information content (AvgIpc) is 3.14. The maximum atomic E-state index is 10.3. The summed E-state index contributed by atoms with van der Waals surface area (Å²) in [6.45, 7) is 6.28. The number of benzene rings is 1. The molecule has 1 fully saturated rings. The molecule has 0 bridgehead atoms. The van der Waals surface area contributed by atoms with Gasteiger partial charge in [-0.25, -0.2) is 9.97 Å². The Kier molecular flexibility index (Phi) is 5.84. The van der Waals surface area contributed by atoms with Crippen LogP contribution in [0.1, 0.15) is 25.0 Å². The lowest BCUT2D eigenvalue weighted by Gasteiger charge is -2.38. The van der Waals surface area contributed by atoms with Crippen LogP contribution in [0.25, 0.3) is 11.3 Å². The summed E-state index contributed by atoms with van der Waals surface area (Å²) < 4.78 is 8.74. The van der Waals surface area contributed by atoms with E-state index in [9.17, 15) is 5.11 Å². The third-order valence-electron chi connectivity index (χ3n) is 6.09. The molecule has 1 saturated heterocycles. The summed E-state index contributed by atoms with van der Waals surface area (Å²) in [5.74, 6) is 0.632. The van der Waals surface area contributed by atoms with Crippen LogP contribution < -0.4 is 9.62 Å². The molecule has 3 aromatic rings. The second-order valence-electron chi connectivity index (χ2n) is 9.02. The van der Waals surface area contributed by atoms with Crippen LogP contribution in [-0.2, 0) is 15.8 Å². The van der Waals surface area contributed by atoms with Gasteiger partial charge in [-0.2, -0.15) is 0 Å². The molecule has 33 heavy (non-hydrogen) atoms. The molecular weight excluding hydrogens is 438 g/mol. The van der Waals surface area contributed by atoms with Gasteiger partial charge in [0, 0.05) is 47.8 Å². The molecule has 0 amide bonds. The first-order chi connectivity index (χ1) is 15.9. The minimum atomic E-state index is -0.946. The summed E-state index contributed by atoms with van der Waals surface area (Å²) in [6.07, 6.45) is 5.25. The van der Waals surface area contributed by atoms with Crippen LogP contribution >= 0.6 is 11.9 Å². The molecule has 1 spiro atoms. The lowest BCUT2D eigenvalue weighted by atomic mass is 9.81. The first-order valence-corrected chi connectivity index (χ1v) is 11.7. The first kappa shape index (κ1) is 22.2. The van der Waals surface area contributed by atoms with Crippen molar-refractivity contribution in [1.29, 1.82) is 0 Å². The van der Waals surface area contributed by atoms with Gasteiger partial charge in [0.2, 0.25) is 5.95 Å². The Balaban J connectivity index is 1.44. The SMILES string of the molecule is CC(C)(O)c1ccnc(-c2cnc(N3CC4(COC4)c4ccc(SNCCO)cc43)nc2)c1. The molecule has 9 heteroatoms. The number of aliphatic hydroxyl groups is 2. The maximum Gasteiger partial charge on any atom is 0.229 e. The number of nitrogens with zero attached hydrogens (tertiary/aromatic N) is 4. The number of aliphatic hydroxyl groups excluding tert-OH is 1. The number of rotatable bonds is 7. The minimum Gasteiger partial charge on any atom is -0.395 e. The van der Waals surface area contributed by atoms with Gasteiger partial charge < -0.3 is 19.8 Å². The summed E-state index contributed by atoms with van der Waals surface area (Å²) >= 11 is 1.50. The van der Waals surface area contributed by atoms with Gasteiger partial charge >= 0.3 is 0 Å². The molecule has 2 aliphatic heterocycles. The Hall–Kier alpha value is -2.56. The normalized spacial score (nSPS) is 16.7. The highest BCUT2D eigenvalue weighted by molar-refractivity contribution is 7.97. The van der Waals surface area contributed by atoms with E-state index in [2.05, 4.69) is 42.8 Å². The number of fused-ring (bicyclic) bond motifs is 2. The highest BCUT2D eigenvalue weighted by Crippen LogP contribution is 2.48. The van der Waals surface area contributed by atoms with Crippen molar-refractivity contribution in [2.75, 3.05) is 37.8 Å². The second kappa shape index (κ2) is 8.66. The minimum absolute atomic E-state index is 0.0261. The van der Waals surface area contributed by atoms with Crippen molar-refractivity contribution in [2.24, 2.45) is 0 Å². The fourth-order valence-corrected chi connectivity index (χ4v) is 4.90. The number of nitrogens with one attached hydrogen (secondary N) is 1. The smallest absolute Gasteiger partial charge is 0.229 e. The van der Waals surface area contributed by atoms with Crippen LogP contribution in [0, 0.1) is 0 Å². The molecule has 1 aromatic carbocycles. The lowest BCUT2D eigenvalue weighted by molar-refractivity contribution is -0.0507. The monoisotopic (exact) mass is 465 g/mol. The van der Waals surface area contributed by atoms with Gasteiger partial charge in [-0.3, -0.25) is 9.71 Å². The molecule has 0 unspecified atom stereocenters. The maximum absolute atomic E-state index is 10.3. The fourth-order valence-electron chi connectivity index (χ4n) is 4.24. The molecule has 0 saturated carbocycles. The molecule has 5 rings (SSSR count). The second-order valence-corrected chi connectivity index (χ2v) is 9.98. The number of ether oxygens (including phenoxy) is 1.